The molecule has 0 aliphatic heterocycles. The van der Waals surface area contributed by atoms with E-state index in [2.05, 4.69) is 5.32 Å². The number of carboxylic acids is 1. The second kappa shape index (κ2) is 8.10. The molecule has 1 amide bonds. The van der Waals surface area contributed by atoms with Crippen LogP contribution in [0.4, 0.5) is 0 Å². The Bertz CT molecular complexity index is 229. The molecule has 5 nitrogen and oxygen atoms in total. The Kier molecular flexibility index (Phi) is 7.54. The highest BCUT2D eigenvalue weighted by atomic mass is 16.4. The molecule has 0 aromatic carbocycles. The largest absolute Gasteiger partial charge is 0.481 e. The fraction of sp³-hybridized carbons (Fsp3) is 0.818. The SMILES string of the molecule is CCCNC(=O)CN(CCC(=O)O)C(C)C. The number of aliphatic carboxylic acids is 1. The average molecular weight is 230 g/mol. The van der Waals surface area contributed by atoms with Crippen LogP contribution in [0.25, 0.3) is 0 Å². The minimum atomic E-state index is -0.834. The van der Waals surface area contributed by atoms with Crippen LogP contribution in [0.5, 0.6) is 0 Å². The van der Waals surface area contributed by atoms with E-state index < -0.39 is 5.97 Å². The van der Waals surface area contributed by atoms with Gasteiger partial charge in [-0.2, -0.15) is 0 Å². The van der Waals surface area contributed by atoms with Crippen molar-refractivity contribution in [2.24, 2.45) is 0 Å². The van der Waals surface area contributed by atoms with Crippen molar-refractivity contribution in [2.75, 3.05) is 19.6 Å². The van der Waals surface area contributed by atoms with Gasteiger partial charge in [-0.05, 0) is 20.3 Å². The fourth-order valence-corrected chi connectivity index (χ4v) is 1.26. The second-order valence-electron chi connectivity index (χ2n) is 4.06. The van der Waals surface area contributed by atoms with Gasteiger partial charge >= 0.3 is 5.97 Å². The molecule has 5 heteroatoms. The lowest BCUT2D eigenvalue weighted by Gasteiger charge is -2.24. The third kappa shape index (κ3) is 7.23. The van der Waals surface area contributed by atoms with Crippen LogP contribution in [0.15, 0.2) is 0 Å². The monoisotopic (exact) mass is 230 g/mol. The molecule has 0 aliphatic carbocycles. The summed E-state index contributed by atoms with van der Waals surface area (Å²) in [6, 6.07) is 0.173. The van der Waals surface area contributed by atoms with Crippen LogP contribution in [-0.4, -0.2) is 47.6 Å². The molecular formula is C11H22N2O3. The van der Waals surface area contributed by atoms with Crippen molar-refractivity contribution in [2.45, 2.75) is 39.7 Å². The van der Waals surface area contributed by atoms with E-state index in [1.165, 1.54) is 0 Å². The quantitative estimate of drug-likeness (QED) is 0.644. The minimum Gasteiger partial charge on any atom is -0.481 e. The Balaban J connectivity index is 4.02. The highest BCUT2D eigenvalue weighted by Gasteiger charge is 2.14. The number of amides is 1. The van der Waals surface area contributed by atoms with Crippen LogP contribution < -0.4 is 5.32 Å². The smallest absolute Gasteiger partial charge is 0.304 e. The molecule has 0 unspecified atom stereocenters. The summed E-state index contributed by atoms with van der Waals surface area (Å²) in [5.41, 5.74) is 0. The summed E-state index contributed by atoms with van der Waals surface area (Å²) in [5, 5.41) is 11.4. The van der Waals surface area contributed by atoms with Crippen LogP contribution >= 0.6 is 0 Å². The van der Waals surface area contributed by atoms with Gasteiger partial charge in [0.15, 0.2) is 0 Å². The van der Waals surface area contributed by atoms with Crippen molar-refractivity contribution >= 4 is 11.9 Å². The van der Waals surface area contributed by atoms with E-state index in [1.807, 2.05) is 25.7 Å². The van der Waals surface area contributed by atoms with Crippen molar-refractivity contribution in [3.8, 4) is 0 Å². The van der Waals surface area contributed by atoms with Crippen LogP contribution in [-0.2, 0) is 9.59 Å². The molecular weight excluding hydrogens is 208 g/mol. The molecule has 94 valence electrons. The first-order valence-electron chi connectivity index (χ1n) is 5.69. The predicted octanol–water partition coefficient (Wildman–Crippen LogP) is 0.698. The van der Waals surface area contributed by atoms with E-state index in [1.54, 1.807) is 0 Å². The van der Waals surface area contributed by atoms with Gasteiger partial charge in [0.2, 0.25) is 5.91 Å². The summed E-state index contributed by atoms with van der Waals surface area (Å²) in [6.45, 7) is 7.25. The number of hydrogen-bond donors (Lipinski definition) is 2. The number of hydrogen-bond acceptors (Lipinski definition) is 3. The molecule has 0 bridgehead atoms. The topological polar surface area (TPSA) is 69.6 Å². The summed E-state index contributed by atoms with van der Waals surface area (Å²) < 4.78 is 0. The Morgan fingerprint density at radius 2 is 2.00 bits per heavy atom. The van der Waals surface area contributed by atoms with Crippen LogP contribution in [0.3, 0.4) is 0 Å². The molecule has 0 aliphatic rings. The first-order valence-corrected chi connectivity index (χ1v) is 5.69. The highest BCUT2D eigenvalue weighted by Crippen LogP contribution is 1.99. The van der Waals surface area contributed by atoms with Crippen LogP contribution in [0.1, 0.15) is 33.6 Å². The van der Waals surface area contributed by atoms with Gasteiger partial charge in [0.05, 0.1) is 13.0 Å². The molecule has 0 saturated heterocycles. The molecule has 0 aromatic rings. The molecule has 16 heavy (non-hydrogen) atoms. The van der Waals surface area contributed by atoms with Crippen molar-refractivity contribution in [3.05, 3.63) is 0 Å². The summed E-state index contributed by atoms with van der Waals surface area (Å²) in [5.74, 6) is -0.874. The van der Waals surface area contributed by atoms with Gasteiger partial charge in [-0.3, -0.25) is 14.5 Å². The lowest BCUT2D eigenvalue weighted by molar-refractivity contribution is -0.138. The van der Waals surface area contributed by atoms with Gasteiger partial charge in [-0.15, -0.1) is 0 Å². The Morgan fingerprint density at radius 1 is 1.38 bits per heavy atom. The molecule has 2 N–H and O–H groups in total. The molecule has 0 heterocycles. The van der Waals surface area contributed by atoms with Crippen LogP contribution in [0, 0.1) is 0 Å². The summed E-state index contributed by atoms with van der Waals surface area (Å²) in [4.78, 5) is 23.8. The zero-order valence-electron chi connectivity index (χ0n) is 10.3. The number of carbonyl (C=O) groups is 2. The average Bonchev–Trinajstić information content (AvgIpc) is 2.20. The zero-order valence-corrected chi connectivity index (χ0v) is 10.3. The number of nitrogens with one attached hydrogen (secondary N) is 1. The first-order chi connectivity index (χ1) is 7.47. The molecule has 0 rings (SSSR count). The molecule has 0 aromatic heterocycles. The standard InChI is InChI=1S/C11H22N2O3/c1-4-6-12-10(14)8-13(9(2)3)7-5-11(15)16/h9H,4-8H2,1-3H3,(H,12,14)(H,15,16). The van der Waals surface area contributed by atoms with E-state index in [4.69, 9.17) is 5.11 Å². The van der Waals surface area contributed by atoms with Crippen molar-refractivity contribution in [1.29, 1.82) is 0 Å². The Morgan fingerprint density at radius 3 is 2.44 bits per heavy atom. The third-order valence-electron chi connectivity index (χ3n) is 2.26. The van der Waals surface area contributed by atoms with Gasteiger partial charge in [-0.25, -0.2) is 0 Å². The normalized spacial score (nSPS) is 10.8. The van der Waals surface area contributed by atoms with Gasteiger partial charge in [0, 0.05) is 19.1 Å². The number of carboxylic acid groups (broad SMARTS) is 1. The van der Waals surface area contributed by atoms with Crippen molar-refractivity contribution in [3.63, 3.8) is 0 Å². The van der Waals surface area contributed by atoms with Crippen molar-refractivity contribution < 1.29 is 14.7 Å². The lowest BCUT2D eigenvalue weighted by atomic mass is 10.2. The maximum absolute atomic E-state index is 11.5. The molecule has 0 fully saturated rings. The molecule has 0 radical (unpaired) electrons. The summed E-state index contributed by atoms with van der Waals surface area (Å²) in [7, 11) is 0. The van der Waals surface area contributed by atoms with Crippen molar-refractivity contribution in [1.82, 2.24) is 10.2 Å². The third-order valence-corrected chi connectivity index (χ3v) is 2.26. The lowest BCUT2D eigenvalue weighted by Crippen LogP contribution is -2.41. The van der Waals surface area contributed by atoms with E-state index in [9.17, 15) is 9.59 Å². The predicted molar refractivity (Wildman–Crippen MR) is 62.3 cm³/mol. The maximum Gasteiger partial charge on any atom is 0.304 e. The first kappa shape index (κ1) is 14.9. The molecule has 0 atom stereocenters. The van der Waals surface area contributed by atoms with E-state index in [-0.39, 0.29) is 24.9 Å². The number of rotatable bonds is 8. The number of carbonyl (C=O) groups excluding carboxylic acids is 1. The van der Waals surface area contributed by atoms with E-state index >= 15 is 0 Å². The van der Waals surface area contributed by atoms with Gasteiger partial charge in [0.1, 0.15) is 0 Å². The fourth-order valence-electron chi connectivity index (χ4n) is 1.26. The highest BCUT2D eigenvalue weighted by molar-refractivity contribution is 5.78. The van der Waals surface area contributed by atoms with Gasteiger partial charge in [-0.1, -0.05) is 6.92 Å². The summed E-state index contributed by atoms with van der Waals surface area (Å²) in [6.07, 6.45) is 0.974. The van der Waals surface area contributed by atoms with E-state index in [0.29, 0.717) is 13.1 Å². The van der Waals surface area contributed by atoms with Gasteiger partial charge < -0.3 is 10.4 Å². The second-order valence-corrected chi connectivity index (χ2v) is 4.06. The van der Waals surface area contributed by atoms with E-state index in [0.717, 1.165) is 6.42 Å². The minimum absolute atomic E-state index is 0.0408. The van der Waals surface area contributed by atoms with Gasteiger partial charge in [0.25, 0.3) is 0 Å². The summed E-state index contributed by atoms with van der Waals surface area (Å²) >= 11 is 0. The Hall–Kier alpha value is -1.10. The number of nitrogens with zero attached hydrogens (tertiary/aromatic N) is 1. The van der Waals surface area contributed by atoms with Crippen LogP contribution in [0.2, 0.25) is 0 Å². The zero-order chi connectivity index (χ0) is 12.6. The molecule has 0 saturated carbocycles. The Labute approximate surface area is 96.8 Å². The molecule has 0 spiro atoms. The maximum atomic E-state index is 11.5.